The number of hydrogen-bond acceptors (Lipinski definition) is 5. The fraction of sp³-hybridized carbons (Fsp3) is 0. The fourth-order valence-electron chi connectivity index (χ4n) is 1.58. The minimum atomic E-state index is -0.305. The van der Waals surface area contributed by atoms with Gasteiger partial charge in [-0.25, -0.2) is 4.39 Å². The number of carbonyl (C=O) groups is 1. The van der Waals surface area contributed by atoms with Gasteiger partial charge >= 0.3 is 0 Å². The number of hydrogen-bond donors (Lipinski definition) is 1. The van der Waals surface area contributed by atoms with Crippen molar-refractivity contribution in [3.63, 3.8) is 0 Å². The molecule has 4 nitrogen and oxygen atoms in total. The molecule has 0 saturated heterocycles. The van der Waals surface area contributed by atoms with Crippen LogP contribution in [-0.2, 0) is 0 Å². The van der Waals surface area contributed by atoms with E-state index >= 15 is 0 Å². The molecule has 2 heterocycles. The van der Waals surface area contributed by atoms with Crippen LogP contribution in [0.5, 0.6) is 0 Å². The summed E-state index contributed by atoms with van der Waals surface area (Å²) in [6.45, 7) is 0. The number of benzene rings is 1. The lowest BCUT2D eigenvalue weighted by molar-refractivity contribution is 0.103. The maximum Gasteiger partial charge on any atom is 0.267 e. The van der Waals surface area contributed by atoms with Crippen LogP contribution in [-0.4, -0.2) is 16.1 Å². The lowest BCUT2D eigenvalue weighted by atomic mass is 10.2. The number of amides is 1. The molecular weight excluding hydrogens is 377 g/mol. The maximum absolute atomic E-state index is 12.9. The van der Waals surface area contributed by atoms with Crippen LogP contribution in [0.25, 0.3) is 10.6 Å². The Bertz CT molecular complexity index is 785. The van der Waals surface area contributed by atoms with E-state index in [0.29, 0.717) is 15.0 Å². The second kappa shape index (κ2) is 6.00. The number of aromatic nitrogens is 2. The summed E-state index contributed by atoms with van der Waals surface area (Å²) in [6, 6.07) is 9.50. The van der Waals surface area contributed by atoms with Gasteiger partial charge in [-0.3, -0.25) is 10.1 Å². The summed E-state index contributed by atoms with van der Waals surface area (Å²) in [6.07, 6.45) is 0. The molecule has 0 unspecified atom stereocenters. The van der Waals surface area contributed by atoms with Crippen molar-refractivity contribution in [1.82, 2.24) is 10.2 Å². The van der Waals surface area contributed by atoms with Crippen LogP contribution >= 0.6 is 38.6 Å². The molecule has 0 aliphatic carbocycles. The van der Waals surface area contributed by atoms with Crippen LogP contribution < -0.4 is 5.32 Å². The molecular formula is C13H7BrFN3OS2. The maximum atomic E-state index is 12.9. The van der Waals surface area contributed by atoms with Crippen LogP contribution in [0.15, 0.2) is 40.2 Å². The summed E-state index contributed by atoms with van der Waals surface area (Å²) < 4.78 is 13.8. The molecule has 21 heavy (non-hydrogen) atoms. The zero-order valence-corrected chi connectivity index (χ0v) is 13.6. The van der Waals surface area contributed by atoms with Crippen molar-refractivity contribution in [2.45, 2.75) is 0 Å². The van der Waals surface area contributed by atoms with Gasteiger partial charge in [-0.1, -0.05) is 11.3 Å². The lowest BCUT2D eigenvalue weighted by Crippen LogP contribution is -2.09. The standard InChI is InChI=1S/C13H7BrFN3OS2/c14-10-6-5-9(20-10)11(19)16-13-18-17-12(21-13)7-1-3-8(15)4-2-7/h1-6H,(H,16,18,19). The van der Waals surface area contributed by atoms with Gasteiger partial charge in [0, 0.05) is 5.56 Å². The Morgan fingerprint density at radius 1 is 1.10 bits per heavy atom. The zero-order chi connectivity index (χ0) is 14.8. The third-order valence-electron chi connectivity index (χ3n) is 2.53. The summed E-state index contributed by atoms with van der Waals surface area (Å²) in [5.41, 5.74) is 0.758. The normalized spacial score (nSPS) is 10.6. The number of halogens is 2. The van der Waals surface area contributed by atoms with E-state index in [2.05, 4.69) is 31.4 Å². The fourth-order valence-corrected chi connectivity index (χ4v) is 3.60. The van der Waals surface area contributed by atoms with Gasteiger partial charge in [0.05, 0.1) is 8.66 Å². The van der Waals surface area contributed by atoms with E-state index in [0.717, 1.165) is 9.35 Å². The Balaban J connectivity index is 1.76. The molecule has 1 aromatic carbocycles. The molecule has 106 valence electrons. The van der Waals surface area contributed by atoms with Gasteiger partial charge in [-0.05, 0) is 52.3 Å². The monoisotopic (exact) mass is 383 g/mol. The summed E-state index contributed by atoms with van der Waals surface area (Å²) in [4.78, 5) is 12.6. The molecule has 0 aliphatic rings. The highest BCUT2D eigenvalue weighted by Crippen LogP contribution is 2.28. The average Bonchev–Trinajstić information content (AvgIpc) is 3.09. The molecule has 0 bridgehead atoms. The Kier molecular flexibility index (Phi) is 4.09. The summed E-state index contributed by atoms with van der Waals surface area (Å²) >= 11 is 5.89. The minimum absolute atomic E-state index is 0.229. The molecule has 0 atom stereocenters. The summed E-state index contributed by atoms with van der Waals surface area (Å²) in [5.74, 6) is -0.535. The molecule has 1 N–H and O–H groups in total. The van der Waals surface area contributed by atoms with Crippen LogP contribution in [0.1, 0.15) is 9.67 Å². The summed E-state index contributed by atoms with van der Waals surface area (Å²) in [7, 11) is 0. The molecule has 1 amide bonds. The smallest absolute Gasteiger partial charge is 0.267 e. The van der Waals surface area contributed by atoms with Gasteiger partial charge in [-0.15, -0.1) is 21.5 Å². The first-order chi connectivity index (χ1) is 10.1. The van der Waals surface area contributed by atoms with Crippen molar-refractivity contribution in [1.29, 1.82) is 0 Å². The van der Waals surface area contributed by atoms with Crippen LogP contribution in [0.3, 0.4) is 0 Å². The van der Waals surface area contributed by atoms with E-state index in [1.807, 2.05) is 6.07 Å². The number of carbonyl (C=O) groups excluding carboxylic acids is 1. The Hall–Kier alpha value is -1.64. The first kappa shape index (κ1) is 14.3. The van der Waals surface area contributed by atoms with E-state index in [9.17, 15) is 9.18 Å². The number of nitrogens with zero attached hydrogens (tertiary/aromatic N) is 2. The minimum Gasteiger partial charge on any atom is -0.296 e. The van der Waals surface area contributed by atoms with Crippen molar-refractivity contribution in [2.24, 2.45) is 0 Å². The molecule has 3 aromatic rings. The third kappa shape index (κ3) is 3.34. The van der Waals surface area contributed by atoms with Gasteiger partial charge in [0.25, 0.3) is 5.91 Å². The van der Waals surface area contributed by atoms with Crippen LogP contribution in [0.4, 0.5) is 9.52 Å². The molecule has 0 aliphatic heterocycles. The lowest BCUT2D eigenvalue weighted by Gasteiger charge is -1.96. The molecule has 0 radical (unpaired) electrons. The van der Waals surface area contributed by atoms with Crippen molar-refractivity contribution in [2.75, 3.05) is 5.32 Å². The Morgan fingerprint density at radius 3 is 2.52 bits per heavy atom. The van der Waals surface area contributed by atoms with Gasteiger partial charge in [0.2, 0.25) is 5.13 Å². The molecule has 8 heteroatoms. The third-order valence-corrected chi connectivity index (χ3v) is 5.04. The second-order valence-electron chi connectivity index (χ2n) is 3.98. The predicted octanol–water partition coefficient (Wildman–Crippen LogP) is 4.42. The Morgan fingerprint density at radius 2 is 1.86 bits per heavy atom. The molecule has 2 aromatic heterocycles. The second-order valence-corrected chi connectivity index (χ2v) is 7.42. The molecule has 3 rings (SSSR count). The quantitative estimate of drug-likeness (QED) is 0.727. The first-order valence-electron chi connectivity index (χ1n) is 5.78. The van der Waals surface area contributed by atoms with E-state index in [1.165, 1.54) is 34.8 Å². The molecule has 0 fully saturated rings. The molecule has 0 spiro atoms. The SMILES string of the molecule is O=C(Nc1nnc(-c2ccc(F)cc2)s1)c1ccc(Br)s1. The first-order valence-corrected chi connectivity index (χ1v) is 8.20. The van der Waals surface area contributed by atoms with Gasteiger partial charge in [-0.2, -0.15) is 0 Å². The number of anilines is 1. The van der Waals surface area contributed by atoms with Crippen molar-refractivity contribution in [3.8, 4) is 10.6 Å². The predicted molar refractivity (Wildman–Crippen MR) is 85.3 cm³/mol. The number of rotatable bonds is 3. The van der Waals surface area contributed by atoms with Crippen LogP contribution in [0.2, 0.25) is 0 Å². The molecule has 0 saturated carbocycles. The zero-order valence-electron chi connectivity index (χ0n) is 10.3. The Labute approximate surface area is 135 Å². The number of nitrogens with one attached hydrogen (secondary N) is 1. The van der Waals surface area contributed by atoms with Gasteiger partial charge in [0.15, 0.2) is 0 Å². The van der Waals surface area contributed by atoms with Crippen molar-refractivity contribution >= 4 is 49.6 Å². The topological polar surface area (TPSA) is 54.9 Å². The average molecular weight is 384 g/mol. The highest BCUT2D eigenvalue weighted by Gasteiger charge is 2.12. The van der Waals surface area contributed by atoms with Crippen LogP contribution in [0, 0.1) is 5.82 Å². The highest BCUT2D eigenvalue weighted by molar-refractivity contribution is 9.11. The van der Waals surface area contributed by atoms with E-state index < -0.39 is 0 Å². The van der Waals surface area contributed by atoms with Crippen molar-refractivity contribution < 1.29 is 9.18 Å². The van der Waals surface area contributed by atoms with Gasteiger partial charge < -0.3 is 0 Å². The van der Waals surface area contributed by atoms with E-state index in [4.69, 9.17) is 0 Å². The van der Waals surface area contributed by atoms with Crippen molar-refractivity contribution in [3.05, 3.63) is 50.9 Å². The van der Waals surface area contributed by atoms with E-state index in [1.54, 1.807) is 18.2 Å². The highest BCUT2D eigenvalue weighted by atomic mass is 79.9. The van der Waals surface area contributed by atoms with Gasteiger partial charge in [0.1, 0.15) is 10.8 Å². The largest absolute Gasteiger partial charge is 0.296 e. The number of thiophene rings is 1. The summed E-state index contributed by atoms with van der Waals surface area (Å²) in [5, 5.41) is 11.6. The van der Waals surface area contributed by atoms with E-state index in [-0.39, 0.29) is 11.7 Å².